The van der Waals surface area contributed by atoms with E-state index >= 15 is 0 Å². The van der Waals surface area contributed by atoms with Crippen LogP contribution in [0, 0.1) is 18.8 Å². The predicted molar refractivity (Wildman–Crippen MR) is 82.1 cm³/mol. The van der Waals surface area contributed by atoms with Gasteiger partial charge in [-0.25, -0.2) is 4.98 Å². The Hall–Kier alpha value is -1.29. The molecule has 1 amide bonds. The van der Waals surface area contributed by atoms with Gasteiger partial charge in [0.05, 0.1) is 10.6 Å². The van der Waals surface area contributed by atoms with E-state index in [1.165, 1.54) is 6.42 Å². The highest BCUT2D eigenvalue weighted by molar-refractivity contribution is 6.33. The Labute approximate surface area is 125 Å². The van der Waals surface area contributed by atoms with Gasteiger partial charge in [-0.05, 0) is 31.2 Å². The summed E-state index contributed by atoms with van der Waals surface area (Å²) in [6.07, 6.45) is 2.79. The first-order valence-corrected chi connectivity index (χ1v) is 7.37. The molecule has 5 heteroatoms. The van der Waals surface area contributed by atoms with Gasteiger partial charge in [0.2, 0.25) is 0 Å². The first-order valence-electron chi connectivity index (χ1n) is 6.99. The second kappa shape index (κ2) is 6.44. The Morgan fingerprint density at radius 1 is 1.50 bits per heavy atom. The van der Waals surface area contributed by atoms with Gasteiger partial charge in [-0.2, -0.15) is 0 Å². The SMILES string of the molecule is [CH2]CNC(=O)c1cc(N2CC(C)CC(C)C2)ncc1Cl. The summed E-state index contributed by atoms with van der Waals surface area (Å²) in [6, 6.07) is 1.78. The molecule has 1 N–H and O–H groups in total. The van der Waals surface area contributed by atoms with E-state index in [4.69, 9.17) is 11.6 Å². The first-order chi connectivity index (χ1) is 9.51. The third-order valence-electron chi connectivity index (χ3n) is 3.56. The molecule has 2 rings (SSSR count). The highest BCUT2D eigenvalue weighted by atomic mass is 35.5. The molecule has 0 spiro atoms. The number of hydrogen-bond donors (Lipinski definition) is 1. The molecule has 109 valence electrons. The molecular formula is C15H21ClN3O. The summed E-state index contributed by atoms with van der Waals surface area (Å²) < 4.78 is 0. The second-order valence-electron chi connectivity index (χ2n) is 5.63. The van der Waals surface area contributed by atoms with Crippen molar-refractivity contribution in [1.29, 1.82) is 0 Å². The molecule has 2 atom stereocenters. The van der Waals surface area contributed by atoms with Crippen LogP contribution in [-0.2, 0) is 0 Å². The number of nitrogens with zero attached hydrogens (tertiary/aromatic N) is 2. The fraction of sp³-hybridized carbons (Fsp3) is 0.533. The van der Waals surface area contributed by atoms with Crippen LogP contribution in [0.15, 0.2) is 12.3 Å². The van der Waals surface area contributed by atoms with E-state index in [2.05, 4.69) is 36.0 Å². The molecule has 1 aromatic heterocycles. The van der Waals surface area contributed by atoms with Crippen molar-refractivity contribution >= 4 is 23.3 Å². The van der Waals surface area contributed by atoms with Crippen LogP contribution >= 0.6 is 11.6 Å². The third kappa shape index (κ3) is 3.42. The minimum Gasteiger partial charge on any atom is -0.356 e. The fourth-order valence-electron chi connectivity index (χ4n) is 2.83. The van der Waals surface area contributed by atoms with E-state index in [0.29, 0.717) is 29.0 Å². The number of piperidine rings is 1. The van der Waals surface area contributed by atoms with Gasteiger partial charge < -0.3 is 10.2 Å². The molecule has 2 unspecified atom stereocenters. The number of nitrogens with one attached hydrogen (secondary N) is 1. The smallest absolute Gasteiger partial charge is 0.252 e. The van der Waals surface area contributed by atoms with Crippen molar-refractivity contribution in [1.82, 2.24) is 10.3 Å². The van der Waals surface area contributed by atoms with Gasteiger partial charge in [0.25, 0.3) is 5.91 Å². The van der Waals surface area contributed by atoms with Crippen molar-refractivity contribution in [2.24, 2.45) is 11.8 Å². The Kier molecular flexibility index (Phi) is 4.86. The molecule has 1 saturated heterocycles. The van der Waals surface area contributed by atoms with Gasteiger partial charge >= 0.3 is 0 Å². The van der Waals surface area contributed by atoms with Gasteiger partial charge in [-0.1, -0.05) is 25.4 Å². The molecule has 0 aliphatic carbocycles. The summed E-state index contributed by atoms with van der Waals surface area (Å²) in [7, 11) is 0. The lowest BCUT2D eigenvalue weighted by molar-refractivity contribution is 0.0958. The molecule has 1 radical (unpaired) electrons. The Morgan fingerprint density at radius 2 is 2.15 bits per heavy atom. The largest absolute Gasteiger partial charge is 0.356 e. The first kappa shape index (κ1) is 15.1. The molecule has 1 fully saturated rings. The van der Waals surface area contributed by atoms with E-state index in [1.807, 2.05) is 0 Å². The Bertz CT molecular complexity index is 482. The number of carbonyl (C=O) groups is 1. The summed E-state index contributed by atoms with van der Waals surface area (Å²) in [5.74, 6) is 1.88. The van der Waals surface area contributed by atoms with Gasteiger partial charge in [0.15, 0.2) is 0 Å². The lowest BCUT2D eigenvalue weighted by Crippen LogP contribution is -2.39. The highest BCUT2D eigenvalue weighted by Gasteiger charge is 2.23. The minimum absolute atomic E-state index is 0.202. The van der Waals surface area contributed by atoms with Crippen LogP contribution in [-0.4, -0.2) is 30.5 Å². The maximum atomic E-state index is 11.9. The zero-order valence-corrected chi connectivity index (χ0v) is 12.8. The number of hydrogen-bond acceptors (Lipinski definition) is 3. The highest BCUT2D eigenvalue weighted by Crippen LogP contribution is 2.27. The van der Waals surface area contributed by atoms with Crippen LogP contribution in [0.5, 0.6) is 0 Å². The number of anilines is 1. The lowest BCUT2D eigenvalue weighted by atomic mass is 9.92. The van der Waals surface area contributed by atoms with Crippen LogP contribution in [0.2, 0.25) is 5.02 Å². The summed E-state index contributed by atoms with van der Waals surface area (Å²) in [4.78, 5) is 18.6. The normalized spacial score (nSPS) is 22.7. The number of amides is 1. The van der Waals surface area contributed by atoms with Crippen molar-refractivity contribution in [2.75, 3.05) is 24.5 Å². The minimum atomic E-state index is -0.202. The van der Waals surface area contributed by atoms with Crippen LogP contribution in [0.25, 0.3) is 0 Å². The van der Waals surface area contributed by atoms with Crippen molar-refractivity contribution in [3.8, 4) is 0 Å². The van der Waals surface area contributed by atoms with Crippen molar-refractivity contribution in [3.05, 3.63) is 29.8 Å². The van der Waals surface area contributed by atoms with E-state index in [9.17, 15) is 4.79 Å². The van der Waals surface area contributed by atoms with Gasteiger partial charge in [-0.3, -0.25) is 4.79 Å². The zero-order chi connectivity index (χ0) is 14.7. The average molecular weight is 295 g/mol. The standard InChI is InChI=1S/C15H21ClN3O/c1-4-17-15(20)12-6-14(18-7-13(12)16)19-8-10(2)5-11(3)9-19/h6-7,10-11H,1,4-5,8-9H2,2-3H3,(H,17,20). The molecule has 2 heterocycles. The van der Waals surface area contributed by atoms with E-state index in [-0.39, 0.29) is 5.91 Å². The molecule has 0 aromatic carbocycles. The molecule has 1 aliphatic rings. The summed E-state index contributed by atoms with van der Waals surface area (Å²) in [5, 5.41) is 3.04. The van der Waals surface area contributed by atoms with Crippen LogP contribution in [0.1, 0.15) is 30.6 Å². The van der Waals surface area contributed by atoms with Crippen LogP contribution < -0.4 is 10.2 Å². The molecule has 0 saturated carbocycles. The average Bonchev–Trinajstić information content (AvgIpc) is 2.38. The lowest BCUT2D eigenvalue weighted by Gasteiger charge is -2.36. The van der Waals surface area contributed by atoms with Crippen LogP contribution in [0.4, 0.5) is 5.82 Å². The number of carbonyl (C=O) groups excluding carboxylic acids is 1. The number of pyridine rings is 1. The molecule has 20 heavy (non-hydrogen) atoms. The zero-order valence-electron chi connectivity index (χ0n) is 12.0. The summed E-state index contributed by atoms with van der Waals surface area (Å²) >= 11 is 6.06. The van der Waals surface area contributed by atoms with Crippen molar-refractivity contribution in [3.63, 3.8) is 0 Å². The van der Waals surface area contributed by atoms with Crippen LogP contribution in [0.3, 0.4) is 0 Å². The Balaban J connectivity index is 2.24. The van der Waals surface area contributed by atoms with Gasteiger partial charge in [0.1, 0.15) is 5.82 Å². The third-order valence-corrected chi connectivity index (χ3v) is 3.87. The summed E-state index contributed by atoms with van der Waals surface area (Å²) in [6.45, 7) is 10.4. The van der Waals surface area contributed by atoms with Gasteiger partial charge in [-0.15, -0.1) is 0 Å². The maximum Gasteiger partial charge on any atom is 0.252 e. The molecule has 0 bridgehead atoms. The monoisotopic (exact) mass is 294 g/mol. The van der Waals surface area contributed by atoms with Gasteiger partial charge in [0, 0.05) is 25.8 Å². The maximum absolute atomic E-state index is 11.9. The number of aromatic nitrogens is 1. The fourth-order valence-corrected chi connectivity index (χ4v) is 3.02. The number of halogens is 1. The topological polar surface area (TPSA) is 45.2 Å². The molecule has 4 nitrogen and oxygen atoms in total. The quantitative estimate of drug-likeness (QED) is 0.932. The molecule has 1 aromatic rings. The van der Waals surface area contributed by atoms with E-state index in [0.717, 1.165) is 18.9 Å². The molecular weight excluding hydrogens is 274 g/mol. The van der Waals surface area contributed by atoms with Crippen molar-refractivity contribution in [2.45, 2.75) is 20.3 Å². The Morgan fingerprint density at radius 3 is 2.75 bits per heavy atom. The predicted octanol–water partition coefficient (Wildman–Crippen LogP) is 2.78. The summed E-state index contributed by atoms with van der Waals surface area (Å²) in [5.41, 5.74) is 0.464. The molecule has 1 aliphatic heterocycles. The van der Waals surface area contributed by atoms with E-state index in [1.54, 1.807) is 12.3 Å². The second-order valence-corrected chi connectivity index (χ2v) is 6.04. The van der Waals surface area contributed by atoms with Crippen molar-refractivity contribution < 1.29 is 4.79 Å². The van der Waals surface area contributed by atoms with E-state index < -0.39 is 0 Å². The number of rotatable bonds is 3.